The van der Waals surface area contributed by atoms with Crippen molar-refractivity contribution < 1.29 is 86.6 Å². The number of carbonyl (C=O) groups is 10. The molecule has 23 nitrogen and oxygen atoms in total. The van der Waals surface area contributed by atoms with Gasteiger partial charge in [0.05, 0.1) is 63.8 Å². The van der Waals surface area contributed by atoms with Crippen LogP contribution < -0.4 is 21.3 Å². The Kier molecular flexibility index (Phi) is 22.4. The van der Waals surface area contributed by atoms with Gasteiger partial charge in [-0.2, -0.15) is 0 Å². The molecule has 3 saturated carbocycles. The summed E-state index contributed by atoms with van der Waals surface area (Å²) in [5.41, 5.74) is -2.77. The molecule has 1 aliphatic heterocycles. The number of carboxylic acid groups (broad SMARTS) is 1. The molecule has 10 atom stereocenters. The summed E-state index contributed by atoms with van der Waals surface area (Å²) in [6.07, 6.45) is 6.66. The second kappa shape index (κ2) is 27.8. The maximum Gasteiger partial charge on any atom is 0.306 e. The Balaban J connectivity index is 0.981. The number of imide groups is 1. The van der Waals surface area contributed by atoms with Crippen LogP contribution in [0.1, 0.15) is 92.4 Å². The molecule has 1 unspecified atom stereocenters. The third-order valence-corrected chi connectivity index (χ3v) is 16.3. The normalized spacial score (nSPS) is 28.1. The van der Waals surface area contributed by atoms with E-state index in [1.165, 1.54) is 13.0 Å². The van der Waals surface area contributed by atoms with E-state index in [1.807, 2.05) is 20.8 Å². The van der Waals surface area contributed by atoms with Gasteiger partial charge in [0, 0.05) is 67.7 Å². The van der Waals surface area contributed by atoms with Gasteiger partial charge in [-0.15, -0.1) is 11.6 Å². The monoisotopic (exact) mass is 1090 g/mol. The van der Waals surface area contributed by atoms with E-state index >= 15 is 0 Å². The molecule has 0 aromatic heterocycles. The third kappa shape index (κ3) is 14.4. The number of rotatable bonds is 32. The number of aliphatic hydroxyl groups excluding tert-OH is 1. The van der Waals surface area contributed by atoms with Gasteiger partial charge in [-0.05, 0) is 63.0 Å². The maximum absolute atomic E-state index is 14.5. The van der Waals surface area contributed by atoms with Crippen molar-refractivity contribution in [3.63, 3.8) is 0 Å². The molecule has 0 aromatic rings. The topological polar surface area (TPSA) is 318 Å². The van der Waals surface area contributed by atoms with Crippen LogP contribution in [0.3, 0.4) is 0 Å². The summed E-state index contributed by atoms with van der Waals surface area (Å²) < 4.78 is 33.6. The number of hydrogen-bond donors (Lipinski definition) is 6. The fraction of sp³-hybridized carbons (Fsp3) is 0.692. The van der Waals surface area contributed by atoms with Crippen LogP contribution in [0.5, 0.6) is 0 Å². The number of amides is 6. The molecule has 76 heavy (non-hydrogen) atoms. The molecule has 5 aliphatic rings. The second-order valence-corrected chi connectivity index (χ2v) is 20.8. The summed E-state index contributed by atoms with van der Waals surface area (Å²) in [6.45, 7) is 9.41. The average molecular weight is 1090 g/mol. The highest BCUT2D eigenvalue weighted by molar-refractivity contribution is 6.26. The maximum atomic E-state index is 14.5. The van der Waals surface area contributed by atoms with Crippen LogP contribution in [0.4, 0.5) is 0 Å². The first-order chi connectivity index (χ1) is 36.0. The average Bonchev–Trinajstić information content (AvgIpc) is 3.83. The number of nitrogens with one attached hydrogen (secondary N) is 4. The highest BCUT2D eigenvalue weighted by Crippen LogP contribution is 2.72. The molecular formula is C52H74ClN5O18. The van der Waals surface area contributed by atoms with Gasteiger partial charge >= 0.3 is 11.9 Å². The number of Topliss-reactive ketones (excluding diaryl/α,β-unsaturated/α-hetero) is 1. The Morgan fingerprint density at radius 1 is 0.803 bits per heavy atom. The van der Waals surface area contributed by atoms with E-state index in [2.05, 4.69) is 21.3 Å². The van der Waals surface area contributed by atoms with E-state index in [9.17, 15) is 58.2 Å². The third-order valence-electron chi connectivity index (χ3n) is 15.4. The van der Waals surface area contributed by atoms with E-state index < -0.39 is 112 Å². The Morgan fingerprint density at radius 3 is 2.07 bits per heavy atom. The zero-order valence-electron chi connectivity index (χ0n) is 44.0. The van der Waals surface area contributed by atoms with Gasteiger partial charge in [-0.25, -0.2) is 0 Å². The van der Waals surface area contributed by atoms with Crippen LogP contribution >= 0.6 is 11.6 Å². The van der Waals surface area contributed by atoms with Crippen molar-refractivity contribution in [2.45, 2.75) is 121 Å². The van der Waals surface area contributed by atoms with Crippen LogP contribution in [0, 0.1) is 28.6 Å². The standard InChI is InChI=1S/C52H74ClN5O18/c1-6-46(68)76-52(32(2)27-37-36-8-7-34-28-35(59)13-16-49(34,4)51(36,53)39(60)29-50(37,52)5)40(61)30-75-31-55-47(69)33(3)56-48(70)38(9-12-45(66)67)57-42(63)15-19-71-21-23-73-25-26-74-24-22-72-20-17-54-41(62)14-18-58-43(64)10-11-44(58)65/h10-11,13,16,28,32-33,36-39,60H,6-9,12,14-15,17-27,29-31H2,1-5H3,(H,54,62)(H,55,69)(H,56,70)(H,57,63)(H,66,67)/t32-,33-,36-,37?,38-,39-,49-,50-,51-,52-/m0/s1. The van der Waals surface area contributed by atoms with E-state index in [-0.39, 0.29) is 122 Å². The Labute approximate surface area is 446 Å². The van der Waals surface area contributed by atoms with E-state index in [1.54, 1.807) is 19.1 Å². The lowest BCUT2D eigenvalue weighted by Crippen LogP contribution is -2.69. The zero-order valence-corrected chi connectivity index (χ0v) is 44.7. The van der Waals surface area contributed by atoms with E-state index in [4.69, 9.17) is 40.0 Å². The molecule has 6 amide bonds. The summed E-state index contributed by atoms with van der Waals surface area (Å²) in [6, 6.07) is -2.50. The second-order valence-electron chi connectivity index (χ2n) is 20.2. The summed E-state index contributed by atoms with van der Waals surface area (Å²) in [5, 5.41) is 31.5. The number of fused-ring (bicyclic) bond motifs is 5. The molecule has 0 radical (unpaired) electrons. The number of halogens is 1. The van der Waals surface area contributed by atoms with E-state index in [0.717, 1.165) is 22.6 Å². The number of allylic oxidation sites excluding steroid dienone is 4. The molecule has 24 heteroatoms. The van der Waals surface area contributed by atoms with Crippen LogP contribution in [0.25, 0.3) is 0 Å². The molecule has 5 rings (SSSR count). The quantitative estimate of drug-likeness (QED) is 0.0180. The Hall–Kier alpha value is -5.43. The molecule has 0 saturated heterocycles. The van der Waals surface area contributed by atoms with Crippen molar-refractivity contribution in [1.82, 2.24) is 26.2 Å². The molecule has 4 aliphatic carbocycles. The highest BCUT2D eigenvalue weighted by Gasteiger charge is 2.76. The van der Waals surface area contributed by atoms with Crippen LogP contribution in [-0.2, 0) is 76.4 Å². The number of ketones is 2. The fourth-order valence-electron chi connectivity index (χ4n) is 11.5. The lowest BCUT2D eigenvalue weighted by molar-refractivity contribution is -0.203. The Morgan fingerprint density at radius 2 is 1.43 bits per heavy atom. The first-order valence-corrected chi connectivity index (χ1v) is 26.3. The minimum Gasteiger partial charge on any atom is -0.481 e. The highest BCUT2D eigenvalue weighted by atomic mass is 35.5. The predicted octanol–water partition coefficient (Wildman–Crippen LogP) is 0.966. The lowest BCUT2D eigenvalue weighted by Gasteiger charge is -2.64. The lowest BCUT2D eigenvalue weighted by atomic mass is 9.45. The van der Waals surface area contributed by atoms with Crippen LogP contribution in [-0.4, -0.2) is 182 Å². The number of carbonyl (C=O) groups excluding carboxylic acids is 9. The molecule has 6 N–H and O–H groups in total. The molecule has 1 heterocycles. The minimum atomic E-state index is -1.72. The zero-order chi connectivity index (χ0) is 55.8. The number of aliphatic hydroxyl groups is 1. The summed E-state index contributed by atoms with van der Waals surface area (Å²) >= 11 is 7.60. The number of nitrogens with zero attached hydrogens (tertiary/aromatic N) is 1. The van der Waals surface area contributed by atoms with Gasteiger partial charge in [-0.1, -0.05) is 39.3 Å². The summed E-state index contributed by atoms with van der Waals surface area (Å²) in [5.74, 6) is -6.95. The summed E-state index contributed by atoms with van der Waals surface area (Å²) in [7, 11) is 0. The molecule has 0 bridgehead atoms. The van der Waals surface area contributed by atoms with Crippen molar-refractivity contribution in [2.75, 3.05) is 79.3 Å². The van der Waals surface area contributed by atoms with Crippen LogP contribution in [0.2, 0.25) is 0 Å². The van der Waals surface area contributed by atoms with Crippen molar-refractivity contribution in [3.8, 4) is 0 Å². The predicted molar refractivity (Wildman–Crippen MR) is 269 cm³/mol. The van der Waals surface area contributed by atoms with E-state index in [0.29, 0.717) is 19.3 Å². The number of esters is 1. The first-order valence-electron chi connectivity index (χ1n) is 25.9. The van der Waals surface area contributed by atoms with Crippen molar-refractivity contribution in [3.05, 3.63) is 36.0 Å². The van der Waals surface area contributed by atoms with Gasteiger partial charge in [0.1, 0.15) is 25.4 Å². The smallest absolute Gasteiger partial charge is 0.306 e. The van der Waals surface area contributed by atoms with Crippen molar-refractivity contribution in [2.24, 2.45) is 28.6 Å². The van der Waals surface area contributed by atoms with Gasteiger partial charge in [0.25, 0.3) is 11.8 Å². The number of hydrogen-bond acceptors (Lipinski definition) is 17. The molecule has 422 valence electrons. The fourth-order valence-corrected chi connectivity index (χ4v) is 12.0. The van der Waals surface area contributed by atoms with Gasteiger partial charge in [0.15, 0.2) is 11.4 Å². The largest absolute Gasteiger partial charge is 0.481 e. The van der Waals surface area contributed by atoms with Crippen molar-refractivity contribution in [1.29, 1.82) is 0 Å². The summed E-state index contributed by atoms with van der Waals surface area (Å²) in [4.78, 5) is 125. The molecule has 0 spiro atoms. The molecule has 0 aromatic carbocycles. The molecular weight excluding hydrogens is 1020 g/mol. The first kappa shape index (κ1) is 61.4. The SMILES string of the molecule is CCC(=O)O[C@]1(C(=O)COCNC(=O)[C@H](C)NC(=O)[C@H](CCC(=O)O)NC(=O)CCOCCOCCOCCOCCNC(=O)CCN2C(=O)C=CC2=O)[C@@H](C)CC2[C@@H]3CCC4=CC(=O)C=C[C@]4(C)[C@@]3(Cl)[C@@H](O)C[C@@]21C. The Bertz CT molecular complexity index is 2260. The number of alkyl halides is 1. The van der Waals surface area contributed by atoms with Crippen LogP contribution in [0.15, 0.2) is 36.0 Å². The molecule has 3 fully saturated rings. The van der Waals surface area contributed by atoms with Gasteiger partial charge < -0.3 is 59.9 Å². The minimum absolute atomic E-state index is 0.00116. The number of aliphatic carboxylic acids is 1. The number of ether oxygens (including phenoxy) is 6. The van der Waals surface area contributed by atoms with Crippen molar-refractivity contribution >= 4 is 70.5 Å². The van der Waals surface area contributed by atoms with Gasteiger partial charge in [-0.3, -0.25) is 52.8 Å². The number of carboxylic acids is 1. The van der Waals surface area contributed by atoms with Gasteiger partial charge in [0.2, 0.25) is 29.4 Å².